The van der Waals surface area contributed by atoms with Gasteiger partial charge in [-0.2, -0.15) is 0 Å². The maximum Gasteiger partial charge on any atom is 0.407 e. The van der Waals surface area contributed by atoms with E-state index in [0.717, 1.165) is 0 Å². The van der Waals surface area contributed by atoms with Crippen molar-refractivity contribution >= 4 is 27.5 Å². The number of amides is 1. The van der Waals surface area contributed by atoms with Crippen molar-refractivity contribution < 1.29 is 17.9 Å². The van der Waals surface area contributed by atoms with Crippen molar-refractivity contribution in [2.24, 2.45) is 0 Å². The van der Waals surface area contributed by atoms with Crippen molar-refractivity contribution in [2.45, 2.75) is 18.3 Å². The summed E-state index contributed by atoms with van der Waals surface area (Å²) in [5, 5.41) is 1.85. The molecule has 0 aromatic rings. The summed E-state index contributed by atoms with van der Waals surface area (Å²) in [5.41, 5.74) is 0. The summed E-state index contributed by atoms with van der Waals surface area (Å²) in [5.74, 6) is -0.203. The molecule has 0 aromatic heterocycles. The summed E-state index contributed by atoms with van der Waals surface area (Å²) in [6, 6.07) is -0.541. The number of alkyl carbamates (subject to hydrolysis) is 1. The molecule has 1 amide bonds. The number of sulfone groups is 1. The van der Waals surface area contributed by atoms with E-state index in [-0.39, 0.29) is 18.1 Å². The minimum absolute atomic E-state index is 0.0916. The minimum atomic E-state index is -3.11. The smallest absolute Gasteiger partial charge is 0.407 e. The van der Waals surface area contributed by atoms with Gasteiger partial charge in [-0.25, -0.2) is 13.2 Å². The second-order valence-electron chi connectivity index (χ2n) is 3.06. The average Bonchev–Trinajstić information content (AvgIpc) is 2.25. The van der Waals surface area contributed by atoms with Crippen LogP contribution in [0.1, 0.15) is 6.92 Å². The van der Waals surface area contributed by atoms with Crippen molar-refractivity contribution in [3.63, 3.8) is 0 Å². The predicted molar refractivity (Wildman–Crippen MR) is 52.2 cm³/mol. The Balaban J connectivity index is 2.51. The molecule has 1 N–H and O–H groups in total. The fraction of sp³-hybridized carbons (Fsp3) is 0.857. The summed E-state index contributed by atoms with van der Waals surface area (Å²) in [6.07, 6.45) is -0.625. The SMILES string of the molecule is CCOC(=O)N[C@H]1CS(=O)(=O)C[C@H]1Cl. The molecule has 0 aromatic carbocycles. The number of carbonyl (C=O) groups excluding carboxylic acids is 1. The van der Waals surface area contributed by atoms with Gasteiger partial charge in [-0.15, -0.1) is 11.6 Å². The Kier molecular flexibility index (Phi) is 3.60. The standard InChI is InChI=1S/C7H12ClNO4S/c1-2-13-7(10)9-6-4-14(11,12)3-5(6)8/h5-6H,2-4H2,1H3,(H,9,10)/t5-,6+/m1/s1. The van der Waals surface area contributed by atoms with Gasteiger partial charge in [0.05, 0.1) is 29.5 Å². The topological polar surface area (TPSA) is 72.5 Å². The quantitative estimate of drug-likeness (QED) is 0.698. The summed E-state index contributed by atoms with van der Waals surface area (Å²) in [6.45, 7) is 1.92. The van der Waals surface area contributed by atoms with Gasteiger partial charge in [0, 0.05) is 0 Å². The highest BCUT2D eigenvalue weighted by atomic mass is 35.5. The number of nitrogens with one attached hydrogen (secondary N) is 1. The number of alkyl halides is 1. The van der Waals surface area contributed by atoms with E-state index in [0.29, 0.717) is 0 Å². The lowest BCUT2D eigenvalue weighted by Crippen LogP contribution is -2.40. The third-order valence-corrected chi connectivity index (χ3v) is 4.24. The van der Waals surface area contributed by atoms with Crippen LogP contribution in [-0.2, 0) is 14.6 Å². The van der Waals surface area contributed by atoms with E-state index in [1.807, 2.05) is 0 Å². The van der Waals surface area contributed by atoms with Gasteiger partial charge in [0.25, 0.3) is 0 Å². The molecule has 0 saturated carbocycles. The molecule has 0 unspecified atom stereocenters. The van der Waals surface area contributed by atoms with Crippen molar-refractivity contribution in [1.29, 1.82) is 0 Å². The molecular weight excluding hydrogens is 230 g/mol. The highest BCUT2D eigenvalue weighted by Gasteiger charge is 2.37. The summed E-state index contributed by atoms with van der Waals surface area (Å²) < 4.78 is 26.8. The van der Waals surface area contributed by atoms with Gasteiger partial charge in [-0.3, -0.25) is 0 Å². The van der Waals surface area contributed by atoms with Crippen molar-refractivity contribution in [3.05, 3.63) is 0 Å². The van der Waals surface area contributed by atoms with Crippen LogP contribution in [0.5, 0.6) is 0 Å². The van der Waals surface area contributed by atoms with Crippen LogP contribution in [0, 0.1) is 0 Å². The number of rotatable bonds is 2. The van der Waals surface area contributed by atoms with E-state index >= 15 is 0 Å². The van der Waals surface area contributed by atoms with Gasteiger partial charge in [0.1, 0.15) is 0 Å². The van der Waals surface area contributed by atoms with Gasteiger partial charge < -0.3 is 10.1 Å². The fourth-order valence-electron chi connectivity index (χ4n) is 1.26. The number of carbonyl (C=O) groups is 1. The van der Waals surface area contributed by atoms with E-state index in [1.165, 1.54) is 0 Å². The third-order valence-electron chi connectivity index (χ3n) is 1.86. The number of hydrogen-bond acceptors (Lipinski definition) is 4. The number of hydrogen-bond donors (Lipinski definition) is 1. The van der Waals surface area contributed by atoms with Gasteiger partial charge in [0.15, 0.2) is 9.84 Å². The molecular formula is C7H12ClNO4S. The molecule has 1 rings (SSSR count). The van der Waals surface area contributed by atoms with Crippen LogP contribution < -0.4 is 5.32 Å². The molecule has 0 spiro atoms. The zero-order valence-corrected chi connectivity index (χ0v) is 9.27. The molecule has 0 aliphatic carbocycles. The Labute approximate surface area is 87.7 Å². The molecule has 0 radical (unpaired) electrons. The van der Waals surface area contributed by atoms with Crippen molar-refractivity contribution in [3.8, 4) is 0 Å². The minimum Gasteiger partial charge on any atom is -0.450 e. The largest absolute Gasteiger partial charge is 0.450 e. The van der Waals surface area contributed by atoms with Gasteiger partial charge in [-0.1, -0.05) is 0 Å². The van der Waals surface area contributed by atoms with Crippen LogP contribution in [0.15, 0.2) is 0 Å². The first kappa shape index (κ1) is 11.6. The Bertz CT molecular complexity index is 316. The summed E-state index contributed by atoms with van der Waals surface area (Å²) in [7, 11) is -3.11. The van der Waals surface area contributed by atoms with E-state index < -0.39 is 27.3 Å². The van der Waals surface area contributed by atoms with Gasteiger partial charge in [-0.05, 0) is 6.92 Å². The molecule has 5 nitrogen and oxygen atoms in total. The number of halogens is 1. The Morgan fingerprint density at radius 2 is 2.21 bits per heavy atom. The molecule has 2 atom stereocenters. The number of ether oxygens (including phenoxy) is 1. The lowest BCUT2D eigenvalue weighted by Gasteiger charge is -2.13. The second kappa shape index (κ2) is 4.35. The van der Waals surface area contributed by atoms with Crippen molar-refractivity contribution in [2.75, 3.05) is 18.1 Å². The lowest BCUT2D eigenvalue weighted by molar-refractivity contribution is 0.149. The van der Waals surface area contributed by atoms with E-state index in [9.17, 15) is 13.2 Å². The normalized spacial score (nSPS) is 29.9. The second-order valence-corrected chi connectivity index (χ2v) is 5.78. The van der Waals surface area contributed by atoms with E-state index in [4.69, 9.17) is 11.6 Å². The molecule has 0 bridgehead atoms. The third kappa shape index (κ3) is 3.02. The Hall–Kier alpha value is -0.490. The summed E-state index contributed by atoms with van der Waals surface area (Å²) in [4.78, 5) is 11.0. The van der Waals surface area contributed by atoms with Gasteiger partial charge >= 0.3 is 6.09 Å². The molecule has 7 heteroatoms. The molecule has 1 aliphatic heterocycles. The molecule has 1 saturated heterocycles. The monoisotopic (exact) mass is 241 g/mol. The zero-order valence-electron chi connectivity index (χ0n) is 7.70. The van der Waals surface area contributed by atoms with Crippen LogP contribution in [0.3, 0.4) is 0 Å². The maximum absolute atomic E-state index is 11.1. The fourth-order valence-corrected chi connectivity index (χ4v) is 3.81. The lowest BCUT2D eigenvalue weighted by atomic mass is 10.3. The van der Waals surface area contributed by atoms with Crippen LogP contribution in [0.25, 0.3) is 0 Å². The predicted octanol–water partition coefficient (Wildman–Crippen LogP) is 0.137. The van der Waals surface area contributed by atoms with Crippen LogP contribution in [-0.4, -0.2) is 44.0 Å². The molecule has 14 heavy (non-hydrogen) atoms. The first-order valence-corrected chi connectivity index (χ1v) is 6.48. The van der Waals surface area contributed by atoms with E-state index in [2.05, 4.69) is 10.1 Å². The average molecular weight is 242 g/mol. The molecule has 1 heterocycles. The first-order valence-electron chi connectivity index (χ1n) is 4.22. The highest BCUT2D eigenvalue weighted by Crippen LogP contribution is 2.17. The van der Waals surface area contributed by atoms with Gasteiger partial charge in [0.2, 0.25) is 0 Å². The van der Waals surface area contributed by atoms with Crippen LogP contribution in [0.2, 0.25) is 0 Å². The first-order chi connectivity index (χ1) is 6.44. The molecule has 82 valence electrons. The van der Waals surface area contributed by atoms with Crippen LogP contribution >= 0.6 is 11.6 Å². The summed E-state index contributed by atoms with van der Waals surface area (Å²) >= 11 is 5.76. The van der Waals surface area contributed by atoms with E-state index in [1.54, 1.807) is 6.92 Å². The maximum atomic E-state index is 11.1. The Morgan fingerprint density at radius 1 is 1.57 bits per heavy atom. The molecule has 1 fully saturated rings. The molecule has 1 aliphatic rings. The highest BCUT2D eigenvalue weighted by molar-refractivity contribution is 7.91. The van der Waals surface area contributed by atoms with Crippen molar-refractivity contribution in [1.82, 2.24) is 5.32 Å². The van der Waals surface area contributed by atoms with Crippen LogP contribution in [0.4, 0.5) is 4.79 Å². The zero-order chi connectivity index (χ0) is 10.8. The Morgan fingerprint density at radius 3 is 2.64 bits per heavy atom.